The number of amides is 1. The zero-order valence-corrected chi connectivity index (χ0v) is 23.4. The van der Waals surface area contributed by atoms with E-state index in [1.165, 1.54) is 27.3 Å². The second kappa shape index (κ2) is 11.4. The first-order valence-corrected chi connectivity index (χ1v) is 15.1. The summed E-state index contributed by atoms with van der Waals surface area (Å²) in [5.74, 6) is -0.0981. The number of aromatic nitrogens is 2. The number of carbonyl (C=O) groups excluding carboxylic acids is 1. The minimum absolute atomic E-state index is 0.135. The number of thioether (sulfide) groups is 1. The minimum atomic E-state index is -3.67. The average Bonchev–Trinajstić information content (AvgIpc) is 3.17. The molecule has 0 radical (unpaired) electrons. The van der Waals surface area contributed by atoms with Crippen LogP contribution in [0, 0.1) is 13.8 Å². The van der Waals surface area contributed by atoms with Crippen LogP contribution in [-0.2, 0) is 19.6 Å². The Balaban J connectivity index is 1.59. The lowest BCUT2D eigenvalue weighted by atomic mass is 10.2. The number of thiophene rings is 1. The van der Waals surface area contributed by atoms with E-state index < -0.39 is 10.0 Å². The molecule has 194 valence electrons. The number of ether oxygens (including phenoxy) is 1. The molecule has 12 heteroatoms. The zero-order chi connectivity index (χ0) is 25.9. The molecule has 0 bridgehead atoms. The van der Waals surface area contributed by atoms with Gasteiger partial charge in [0.05, 0.1) is 35.2 Å². The van der Waals surface area contributed by atoms with Crippen LogP contribution < -0.4 is 10.2 Å². The van der Waals surface area contributed by atoms with Crippen LogP contribution >= 0.6 is 23.1 Å². The molecule has 0 unspecified atom stereocenters. The molecule has 1 amide bonds. The third-order valence-corrected chi connectivity index (χ3v) is 10.4. The van der Waals surface area contributed by atoms with Gasteiger partial charge in [0.2, 0.25) is 15.9 Å². The Bertz CT molecular complexity index is 1350. The number of morpholine rings is 1. The number of sulfonamides is 1. The number of nitrogens with one attached hydrogen (secondary N) is 1. The van der Waals surface area contributed by atoms with Crippen molar-refractivity contribution in [3.05, 3.63) is 35.0 Å². The number of benzene rings is 1. The van der Waals surface area contributed by atoms with Gasteiger partial charge in [-0.15, -0.1) is 11.3 Å². The summed E-state index contributed by atoms with van der Waals surface area (Å²) >= 11 is 2.97. The Hall–Kier alpha value is -2.25. The molecular weight excluding hydrogens is 518 g/mol. The molecule has 1 aliphatic rings. The second-order valence-corrected chi connectivity index (χ2v) is 12.5. The molecular formula is C24H31N5O4S3. The van der Waals surface area contributed by atoms with Crippen LogP contribution in [0.4, 0.5) is 11.4 Å². The highest BCUT2D eigenvalue weighted by Gasteiger charge is 2.25. The minimum Gasteiger partial charge on any atom is -0.378 e. The molecule has 9 nitrogen and oxygen atoms in total. The lowest BCUT2D eigenvalue weighted by Gasteiger charge is -2.31. The first-order valence-electron chi connectivity index (χ1n) is 11.9. The van der Waals surface area contributed by atoms with Crippen molar-refractivity contribution < 1.29 is 17.9 Å². The monoisotopic (exact) mass is 549 g/mol. The lowest BCUT2D eigenvalue weighted by Crippen LogP contribution is -2.37. The number of hydrogen-bond donors (Lipinski definition) is 1. The first-order chi connectivity index (χ1) is 17.3. The highest BCUT2D eigenvalue weighted by molar-refractivity contribution is 8.00. The largest absolute Gasteiger partial charge is 0.378 e. The van der Waals surface area contributed by atoms with Crippen LogP contribution in [0.3, 0.4) is 0 Å². The van der Waals surface area contributed by atoms with Crippen molar-refractivity contribution in [1.82, 2.24) is 14.3 Å². The van der Waals surface area contributed by atoms with E-state index in [1.807, 2.05) is 20.8 Å². The molecule has 2 aromatic heterocycles. The molecule has 1 saturated heterocycles. The van der Waals surface area contributed by atoms with Gasteiger partial charge in [-0.05, 0) is 37.6 Å². The number of anilines is 2. The molecule has 36 heavy (non-hydrogen) atoms. The summed E-state index contributed by atoms with van der Waals surface area (Å²) in [6.45, 7) is 10.9. The molecule has 3 heterocycles. The number of aryl methyl sites for hydroxylation is 2. The third-order valence-electron chi connectivity index (χ3n) is 6.21. The Kier molecular flexibility index (Phi) is 8.51. The van der Waals surface area contributed by atoms with Crippen LogP contribution in [0.5, 0.6) is 0 Å². The maximum absolute atomic E-state index is 13.2. The average molecular weight is 550 g/mol. The molecule has 1 aliphatic heterocycles. The molecule has 0 spiro atoms. The van der Waals surface area contributed by atoms with Crippen molar-refractivity contribution in [2.24, 2.45) is 0 Å². The van der Waals surface area contributed by atoms with Gasteiger partial charge < -0.3 is 15.0 Å². The molecule has 0 saturated carbocycles. The Labute approximate surface area is 220 Å². The molecule has 1 N–H and O–H groups in total. The smallest absolute Gasteiger partial charge is 0.243 e. The summed E-state index contributed by atoms with van der Waals surface area (Å²) in [6.07, 6.45) is 1.52. The van der Waals surface area contributed by atoms with Crippen LogP contribution in [0.15, 0.2) is 34.4 Å². The highest BCUT2D eigenvalue weighted by Crippen LogP contribution is 2.35. The number of carbonyl (C=O) groups is 1. The second-order valence-electron chi connectivity index (χ2n) is 8.35. The van der Waals surface area contributed by atoms with E-state index in [1.54, 1.807) is 29.5 Å². The van der Waals surface area contributed by atoms with Crippen molar-refractivity contribution in [3.63, 3.8) is 0 Å². The predicted octanol–water partition coefficient (Wildman–Crippen LogP) is 3.91. The first kappa shape index (κ1) is 26.8. The van der Waals surface area contributed by atoms with Crippen molar-refractivity contribution >= 4 is 60.6 Å². The fourth-order valence-electron chi connectivity index (χ4n) is 4.15. The van der Waals surface area contributed by atoms with Gasteiger partial charge in [0.1, 0.15) is 16.2 Å². The van der Waals surface area contributed by atoms with E-state index in [0.717, 1.165) is 26.5 Å². The number of fused-ring (bicyclic) bond motifs is 1. The summed E-state index contributed by atoms with van der Waals surface area (Å²) in [4.78, 5) is 26.2. The van der Waals surface area contributed by atoms with Crippen LogP contribution in [0.1, 0.15) is 24.3 Å². The number of rotatable bonds is 9. The van der Waals surface area contributed by atoms with Crippen LogP contribution in [0.2, 0.25) is 0 Å². The van der Waals surface area contributed by atoms with Crippen molar-refractivity contribution in [2.75, 3.05) is 55.4 Å². The van der Waals surface area contributed by atoms with E-state index in [0.29, 0.717) is 45.1 Å². The Morgan fingerprint density at radius 3 is 2.61 bits per heavy atom. The van der Waals surface area contributed by atoms with Gasteiger partial charge in [-0.1, -0.05) is 25.6 Å². The van der Waals surface area contributed by atoms with Gasteiger partial charge in [0, 0.05) is 36.4 Å². The third kappa shape index (κ3) is 5.52. The molecule has 3 aromatic rings. The maximum Gasteiger partial charge on any atom is 0.243 e. The van der Waals surface area contributed by atoms with Gasteiger partial charge in [0.25, 0.3) is 0 Å². The van der Waals surface area contributed by atoms with Gasteiger partial charge in [-0.25, -0.2) is 18.4 Å². The van der Waals surface area contributed by atoms with Crippen molar-refractivity contribution in [1.29, 1.82) is 0 Å². The summed E-state index contributed by atoms with van der Waals surface area (Å²) in [6, 6.07) is 4.95. The molecule has 0 aliphatic carbocycles. The van der Waals surface area contributed by atoms with E-state index in [4.69, 9.17) is 4.74 Å². The normalized spacial score (nSPS) is 14.5. The van der Waals surface area contributed by atoms with Crippen molar-refractivity contribution in [2.45, 2.75) is 37.6 Å². The summed E-state index contributed by atoms with van der Waals surface area (Å²) < 4.78 is 33.2. The molecule has 4 rings (SSSR count). The molecule has 1 aromatic carbocycles. The van der Waals surface area contributed by atoms with Crippen LogP contribution in [0.25, 0.3) is 10.2 Å². The van der Waals surface area contributed by atoms with Crippen LogP contribution in [-0.4, -0.2) is 73.7 Å². The molecule has 1 fully saturated rings. The predicted molar refractivity (Wildman–Crippen MR) is 146 cm³/mol. The van der Waals surface area contributed by atoms with E-state index in [-0.39, 0.29) is 16.6 Å². The maximum atomic E-state index is 13.2. The van der Waals surface area contributed by atoms with E-state index >= 15 is 0 Å². The number of nitrogens with zero attached hydrogens (tertiary/aromatic N) is 4. The van der Waals surface area contributed by atoms with Gasteiger partial charge in [0.15, 0.2) is 0 Å². The van der Waals surface area contributed by atoms with E-state index in [2.05, 4.69) is 27.1 Å². The van der Waals surface area contributed by atoms with Crippen molar-refractivity contribution in [3.8, 4) is 0 Å². The topological polar surface area (TPSA) is 105 Å². The lowest BCUT2D eigenvalue weighted by molar-refractivity contribution is -0.113. The fourth-order valence-corrected chi connectivity index (χ4v) is 7.55. The van der Waals surface area contributed by atoms with Gasteiger partial charge in [-0.3, -0.25) is 4.79 Å². The Morgan fingerprint density at radius 2 is 1.92 bits per heavy atom. The number of hydrogen-bond acceptors (Lipinski definition) is 9. The van der Waals surface area contributed by atoms with Gasteiger partial charge in [-0.2, -0.15) is 4.31 Å². The highest BCUT2D eigenvalue weighted by atomic mass is 32.2. The van der Waals surface area contributed by atoms with Gasteiger partial charge >= 0.3 is 0 Å². The Morgan fingerprint density at radius 1 is 1.19 bits per heavy atom. The van der Waals surface area contributed by atoms with E-state index in [9.17, 15) is 13.2 Å². The molecule has 0 atom stereocenters. The summed E-state index contributed by atoms with van der Waals surface area (Å²) in [7, 11) is -3.67. The quantitative estimate of drug-likeness (QED) is 0.317. The summed E-state index contributed by atoms with van der Waals surface area (Å²) in [5, 5.41) is 4.72. The summed E-state index contributed by atoms with van der Waals surface area (Å²) in [5.41, 5.74) is 2.39. The standard InChI is InChI=1S/C24H31N5O4S3/c1-5-29(6-2)36(31,32)18-7-8-20(28-9-11-33-12-10-28)19(13-18)27-21(30)14-34-23-22-16(3)17(4)35-24(22)26-15-25-23/h7-8,13,15H,5-6,9-12,14H2,1-4H3,(H,27,30). The zero-order valence-electron chi connectivity index (χ0n) is 20.9. The SMILES string of the molecule is CCN(CC)S(=O)(=O)c1ccc(N2CCOCC2)c(NC(=O)CSc2ncnc3sc(C)c(C)c23)c1. The fraction of sp³-hybridized carbons (Fsp3) is 0.458.